The maximum Gasteiger partial charge on any atom is 0.332 e. The van der Waals surface area contributed by atoms with Gasteiger partial charge in [-0.1, -0.05) is 0 Å². The lowest BCUT2D eigenvalue weighted by Crippen LogP contribution is -2.37. The Morgan fingerprint density at radius 1 is 1.19 bits per heavy atom. The van der Waals surface area contributed by atoms with Gasteiger partial charge >= 0.3 is 5.69 Å². The lowest BCUT2D eigenvalue weighted by Gasteiger charge is -2.06. The van der Waals surface area contributed by atoms with Crippen LogP contribution in [0, 0.1) is 0 Å². The first-order valence-corrected chi connectivity index (χ1v) is 7.64. The van der Waals surface area contributed by atoms with E-state index in [0.717, 1.165) is 4.57 Å². The number of rotatable bonds is 5. The highest BCUT2D eigenvalue weighted by molar-refractivity contribution is 5.92. The molecule has 0 saturated heterocycles. The van der Waals surface area contributed by atoms with E-state index in [0.29, 0.717) is 0 Å². The number of imidazole rings is 1. The Kier molecular flexibility index (Phi) is 4.55. The van der Waals surface area contributed by atoms with E-state index in [1.54, 1.807) is 0 Å². The topological polar surface area (TPSA) is 188 Å². The first kappa shape index (κ1) is 18.0. The molecular weight excluding hydrogens is 360 g/mol. The third-order valence-corrected chi connectivity index (χ3v) is 3.71. The van der Waals surface area contributed by atoms with Crippen molar-refractivity contribution in [3.8, 4) is 0 Å². The summed E-state index contributed by atoms with van der Waals surface area (Å²) in [6, 6.07) is 0. The van der Waals surface area contributed by atoms with Gasteiger partial charge in [0.05, 0.1) is 12.9 Å². The molecule has 0 unspecified atom stereocenters. The number of anilines is 2. The van der Waals surface area contributed by atoms with Crippen LogP contribution in [0.15, 0.2) is 15.9 Å². The summed E-state index contributed by atoms with van der Waals surface area (Å²) >= 11 is 0. The second kappa shape index (κ2) is 6.83. The van der Waals surface area contributed by atoms with Crippen molar-refractivity contribution in [2.24, 2.45) is 19.8 Å². The van der Waals surface area contributed by atoms with E-state index in [-0.39, 0.29) is 36.2 Å². The summed E-state index contributed by atoms with van der Waals surface area (Å²) in [6.07, 6.45) is 1.29. The fourth-order valence-electron chi connectivity index (χ4n) is 2.39. The minimum atomic E-state index is -0.565. The Morgan fingerprint density at radius 2 is 1.93 bits per heavy atom. The summed E-state index contributed by atoms with van der Waals surface area (Å²) in [5, 5.41) is 10.9. The second-order valence-electron chi connectivity index (χ2n) is 5.56. The van der Waals surface area contributed by atoms with Crippen LogP contribution in [-0.2, 0) is 30.2 Å². The van der Waals surface area contributed by atoms with E-state index in [1.807, 2.05) is 0 Å². The highest BCUT2D eigenvalue weighted by Gasteiger charge is 2.16. The normalized spacial score (nSPS) is 10.9. The molecule has 0 fully saturated rings. The standard InChI is InChI=1S/C13H16N10O4/c1-21-9-8(10(26)22(2)13(21)27)23(5-15-9)4-7(25)17-12-18-11(19-20-12)16-6(24)3-14/h5H,3-4,14H2,1-2H3,(H3,16,17,18,19,20,24,25). The van der Waals surface area contributed by atoms with Crippen LogP contribution in [0.5, 0.6) is 0 Å². The Hall–Kier alpha value is -3.81. The number of hydrogen-bond donors (Lipinski definition) is 4. The number of amides is 2. The van der Waals surface area contributed by atoms with E-state index in [9.17, 15) is 19.2 Å². The van der Waals surface area contributed by atoms with Crippen molar-refractivity contribution in [2.45, 2.75) is 6.54 Å². The molecule has 14 heteroatoms. The molecular formula is C13H16N10O4. The zero-order valence-electron chi connectivity index (χ0n) is 14.4. The molecule has 14 nitrogen and oxygen atoms in total. The van der Waals surface area contributed by atoms with Gasteiger partial charge < -0.3 is 10.3 Å². The lowest BCUT2D eigenvalue weighted by molar-refractivity contribution is -0.117. The number of aryl methyl sites for hydroxylation is 1. The highest BCUT2D eigenvalue weighted by atomic mass is 16.2. The minimum absolute atomic E-state index is 0.00274. The van der Waals surface area contributed by atoms with Crippen LogP contribution in [0.1, 0.15) is 0 Å². The van der Waals surface area contributed by atoms with Gasteiger partial charge in [0.15, 0.2) is 11.2 Å². The first-order valence-electron chi connectivity index (χ1n) is 7.64. The summed E-state index contributed by atoms with van der Waals surface area (Å²) in [7, 11) is 2.82. The number of nitrogens with one attached hydrogen (secondary N) is 3. The summed E-state index contributed by atoms with van der Waals surface area (Å²) in [6.45, 7) is -0.490. The van der Waals surface area contributed by atoms with E-state index < -0.39 is 23.1 Å². The van der Waals surface area contributed by atoms with Crippen molar-refractivity contribution in [2.75, 3.05) is 17.2 Å². The molecule has 0 radical (unpaired) electrons. The molecule has 142 valence electrons. The summed E-state index contributed by atoms with van der Waals surface area (Å²) in [4.78, 5) is 55.5. The molecule has 0 bridgehead atoms. The maximum atomic E-state index is 12.3. The summed E-state index contributed by atoms with van der Waals surface area (Å²) in [5.41, 5.74) is 4.37. The summed E-state index contributed by atoms with van der Waals surface area (Å²) in [5.74, 6) is -1.06. The zero-order valence-corrected chi connectivity index (χ0v) is 14.4. The fraction of sp³-hybridized carbons (Fsp3) is 0.308. The van der Waals surface area contributed by atoms with Gasteiger partial charge in [-0.2, -0.15) is 4.98 Å². The molecule has 0 saturated carbocycles. The van der Waals surface area contributed by atoms with Crippen LogP contribution in [0.4, 0.5) is 11.9 Å². The Labute approximate surface area is 150 Å². The van der Waals surface area contributed by atoms with E-state index >= 15 is 0 Å². The molecule has 3 rings (SSSR count). The predicted molar refractivity (Wildman–Crippen MR) is 92.9 cm³/mol. The molecule has 0 aliphatic carbocycles. The fourth-order valence-corrected chi connectivity index (χ4v) is 2.39. The quantitative estimate of drug-likeness (QED) is 0.364. The maximum absolute atomic E-state index is 12.3. The van der Waals surface area contributed by atoms with Gasteiger partial charge in [-0.25, -0.2) is 14.9 Å². The lowest BCUT2D eigenvalue weighted by atomic mass is 10.4. The van der Waals surface area contributed by atoms with Crippen LogP contribution >= 0.6 is 0 Å². The average Bonchev–Trinajstić information content (AvgIpc) is 3.25. The van der Waals surface area contributed by atoms with Crippen molar-refractivity contribution in [1.29, 1.82) is 0 Å². The number of aromatic amines is 1. The Morgan fingerprint density at radius 3 is 2.63 bits per heavy atom. The number of fused-ring (bicyclic) bond motifs is 1. The molecule has 27 heavy (non-hydrogen) atoms. The van der Waals surface area contributed by atoms with Crippen LogP contribution in [0.2, 0.25) is 0 Å². The second-order valence-corrected chi connectivity index (χ2v) is 5.56. The number of carbonyl (C=O) groups is 2. The number of nitrogens with zero attached hydrogens (tertiary/aromatic N) is 6. The number of hydrogen-bond acceptors (Lipinski definition) is 8. The molecule has 2 amide bonds. The number of H-pyrrole nitrogens is 1. The van der Waals surface area contributed by atoms with Crippen molar-refractivity contribution < 1.29 is 9.59 Å². The molecule has 3 aromatic rings. The first-order chi connectivity index (χ1) is 12.8. The molecule has 0 aliphatic rings. The van der Waals surface area contributed by atoms with Crippen LogP contribution in [0.3, 0.4) is 0 Å². The van der Waals surface area contributed by atoms with E-state index in [1.165, 1.54) is 29.6 Å². The predicted octanol–water partition coefficient (Wildman–Crippen LogP) is -2.91. The smallest absolute Gasteiger partial charge is 0.322 e. The highest BCUT2D eigenvalue weighted by Crippen LogP contribution is 2.07. The summed E-state index contributed by atoms with van der Waals surface area (Å²) < 4.78 is 3.47. The monoisotopic (exact) mass is 376 g/mol. The molecule has 5 N–H and O–H groups in total. The number of carbonyl (C=O) groups excluding carboxylic acids is 2. The van der Waals surface area contributed by atoms with Gasteiger partial charge in [-0.3, -0.25) is 34.2 Å². The number of nitrogens with two attached hydrogens (primary N) is 1. The van der Waals surface area contributed by atoms with Gasteiger partial charge in [0.1, 0.15) is 6.54 Å². The van der Waals surface area contributed by atoms with Gasteiger partial charge in [-0.15, -0.1) is 5.10 Å². The average molecular weight is 376 g/mol. The van der Waals surface area contributed by atoms with E-state index in [2.05, 4.69) is 30.8 Å². The molecule has 0 atom stereocenters. The van der Waals surface area contributed by atoms with Crippen molar-refractivity contribution in [1.82, 2.24) is 33.9 Å². The van der Waals surface area contributed by atoms with E-state index in [4.69, 9.17) is 5.73 Å². The zero-order chi connectivity index (χ0) is 19.7. The largest absolute Gasteiger partial charge is 0.332 e. The molecule has 0 aliphatic heterocycles. The Balaban J connectivity index is 1.80. The number of aromatic nitrogens is 7. The van der Waals surface area contributed by atoms with Crippen LogP contribution in [0.25, 0.3) is 11.2 Å². The SMILES string of the molecule is Cn1c(=O)c2c(ncn2CC(=O)Nc2nc(NC(=O)CN)n[nH]2)n(C)c1=O. The van der Waals surface area contributed by atoms with Gasteiger partial charge in [0, 0.05) is 14.1 Å². The molecule has 0 spiro atoms. The van der Waals surface area contributed by atoms with Gasteiger partial charge in [0.25, 0.3) is 5.56 Å². The van der Waals surface area contributed by atoms with Crippen LogP contribution in [-0.4, -0.2) is 52.2 Å². The van der Waals surface area contributed by atoms with Crippen LogP contribution < -0.4 is 27.6 Å². The molecule has 3 aromatic heterocycles. The molecule has 3 heterocycles. The van der Waals surface area contributed by atoms with Crippen molar-refractivity contribution >= 4 is 34.9 Å². The Bertz CT molecular complexity index is 1150. The van der Waals surface area contributed by atoms with Crippen molar-refractivity contribution in [3.63, 3.8) is 0 Å². The third-order valence-electron chi connectivity index (χ3n) is 3.71. The minimum Gasteiger partial charge on any atom is -0.322 e. The van der Waals surface area contributed by atoms with Gasteiger partial charge in [0.2, 0.25) is 23.7 Å². The van der Waals surface area contributed by atoms with Gasteiger partial charge in [-0.05, 0) is 0 Å². The molecule has 0 aromatic carbocycles. The van der Waals surface area contributed by atoms with Crippen molar-refractivity contribution in [3.05, 3.63) is 27.2 Å². The third kappa shape index (κ3) is 3.32.